The zero-order valence-corrected chi connectivity index (χ0v) is 19.5. The summed E-state index contributed by atoms with van der Waals surface area (Å²) in [7, 11) is 0. The van der Waals surface area contributed by atoms with Crippen LogP contribution in [0.5, 0.6) is 0 Å². The van der Waals surface area contributed by atoms with E-state index in [1.54, 1.807) is 24.3 Å². The molecule has 2 heterocycles. The molecule has 34 heavy (non-hydrogen) atoms. The second-order valence-electron chi connectivity index (χ2n) is 9.83. The number of hydrogen-bond acceptors (Lipinski definition) is 4. The van der Waals surface area contributed by atoms with Crippen molar-refractivity contribution in [3.05, 3.63) is 72.1 Å². The molecule has 2 fully saturated rings. The lowest BCUT2D eigenvalue weighted by Gasteiger charge is -2.38. The van der Waals surface area contributed by atoms with Gasteiger partial charge in [-0.2, -0.15) is 0 Å². The monoisotopic (exact) mass is 462 g/mol. The number of benzene rings is 2. The maximum absolute atomic E-state index is 13.6. The lowest BCUT2D eigenvalue weighted by Crippen LogP contribution is -2.37. The maximum atomic E-state index is 13.6. The SMILES string of the molecule is Nc1ncnc(N2CCC(C(CC3CCCC3)c3ccc(F)cc3)CC2)c1-c1ccc(F)cc1. The minimum atomic E-state index is -0.282. The number of nitrogens with zero attached hydrogens (tertiary/aromatic N) is 3. The highest BCUT2D eigenvalue weighted by Gasteiger charge is 2.32. The third-order valence-corrected chi connectivity index (χ3v) is 7.76. The first kappa shape index (κ1) is 22.8. The summed E-state index contributed by atoms with van der Waals surface area (Å²) in [5, 5.41) is 0. The summed E-state index contributed by atoms with van der Waals surface area (Å²) in [6, 6.07) is 13.5. The Morgan fingerprint density at radius 2 is 1.47 bits per heavy atom. The number of anilines is 2. The third kappa shape index (κ3) is 4.91. The first-order chi connectivity index (χ1) is 16.6. The van der Waals surface area contributed by atoms with Gasteiger partial charge in [-0.15, -0.1) is 0 Å². The number of nitrogen functional groups attached to an aromatic ring is 1. The second-order valence-corrected chi connectivity index (χ2v) is 9.83. The Hall–Kier alpha value is -3.02. The minimum Gasteiger partial charge on any atom is -0.383 e. The molecule has 1 saturated carbocycles. The molecule has 1 aliphatic carbocycles. The summed E-state index contributed by atoms with van der Waals surface area (Å²) in [6.07, 6.45) is 10.1. The van der Waals surface area contributed by atoms with Crippen LogP contribution in [-0.2, 0) is 0 Å². The molecule has 2 N–H and O–H groups in total. The van der Waals surface area contributed by atoms with Crippen LogP contribution in [0.3, 0.4) is 0 Å². The predicted octanol–water partition coefficient (Wildman–Crippen LogP) is 6.58. The Morgan fingerprint density at radius 3 is 2.12 bits per heavy atom. The quantitative estimate of drug-likeness (QED) is 0.449. The van der Waals surface area contributed by atoms with Gasteiger partial charge >= 0.3 is 0 Å². The Bertz CT molecular complexity index is 1090. The molecule has 5 rings (SSSR count). The van der Waals surface area contributed by atoms with Crippen LogP contribution < -0.4 is 10.6 Å². The molecule has 0 bridgehead atoms. The predicted molar refractivity (Wildman–Crippen MR) is 132 cm³/mol. The fourth-order valence-electron chi connectivity index (χ4n) is 5.95. The Balaban J connectivity index is 1.35. The lowest BCUT2D eigenvalue weighted by molar-refractivity contribution is 0.292. The molecule has 0 radical (unpaired) electrons. The lowest BCUT2D eigenvalue weighted by atomic mass is 9.75. The number of piperidine rings is 1. The van der Waals surface area contributed by atoms with E-state index in [4.69, 9.17) is 5.73 Å². The van der Waals surface area contributed by atoms with Crippen molar-refractivity contribution in [2.45, 2.75) is 50.9 Å². The molecule has 1 atom stereocenters. The maximum Gasteiger partial charge on any atom is 0.142 e. The van der Waals surface area contributed by atoms with Gasteiger partial charge in [0.1, 0.15) is 29.6 Å². The van der Waals surface area contributed by atoms with E-state index in [2.05, 4.69) is 14.9 Å². The first-order valence-corrected chi connectivity index (χ1v) is 12.5. The van der Waals surface area contributed by atoms with Crippen molar-refractivity contribution in [3.63, 3.8) is 0 Å². The zero-order chi connectivity index (χ0) is 23.5. The summed E-state index contributed by atoms with van der Waals surface area (Å²) >= 11 is 0. The molecule has 6 heteroatoms. The number of nitrogens with two attached hydrogens (primary N) is 1. The van der Waals surface area contributed by atoms with Gasteiger partial charge in [-0.05, 0) is 72.4 Å². The molecule has 1 unspecified atom stereocenters. The normalized spacial score (nSPS) is 18.4. The summed E-state index contributed by atoms with van der Waals surface area (Å²) in [5.41, 5.74) is 9.11. The molecule has 1 aliphatic heterocycles. The Labute approximate surface area is 200 Å². The van der Waals surface area contributed by atoms with Gasteiger partial charge in [-0.3, -0.25) is 0 Å². The van der Waals surface area contributed by atoms with E-state index >= 15 is 0 Å². The molecule has 178 valence electrons. The van der Waals surface area contributed by atoms with Gasteiger partial charge in [0.25, 0.3) is 0 Å². The summed E-state index contributed by atoms with van der Waals surface area (Å²) in [5.74, 6) is 2.55. The highest BCUT2D eigenvalue weighted by Crippen LogP contribution is 2.43. The summed E-state index contributed by atoms with van der Waals surface area (Å²) < 4.78 is 27.1. The molecule has 3 aromatic rings. The fraction of sp³-hybridized carbons (Fsp3) is 0.429. The zero-order valence-electron chi connectivity index (χ0n) is 19.5. The largest absolute Gasteiger partial charge is 0.383 e. The highest BCUT2D eigenvalue weighted by molar-refractivity contribution is 5.84. The summed E-state index contributed by atoms with van der Waals surface area (Å²) in [6.45, 7) is 1.75. The van der Waals surface area contributed by atoms with E-state index in [1.165, 1.54) is 56.1 Å². The van der Waals surface area contributed by atoms with Crippen LogP contribution in [0.4, 0.5) is 20.4 Å². The third-order valence-electron chi connectivity index (χ3n) is 7.76. The molecule has 0 amide bonds. The Morgan fingerprint density at radius 1 is 0.853 bits per heavy atom. The van der Waals surface area contributed by atoms with Crippen LogP contribution in [-0.4, -0.2) is 23.1 Å². The van der Waals surface area contributed by atoms with Crippen molar-refractivity contribution in [1.29, 1.82) is 0 Å². The van der Waals surface area contributed by atoms with Crippen molar-refractivity contribution in [2.75, 3.05) is 23.7 Å². The number of hydrogen-bond donors (Lipinski definition) is 1. The average Bonchev–Trinajstić information content (AvgIpc) is 3.37. The molecular formula is C28H32F2N4. The van der Waals surface area contributed by atoms with Crippen molar-refractivity contribution in [1.82, 2.24) is 9.97 Å². The van der Waals surface area contributed by atoms with Crippen LogP contribution in [0.1, 0.15) is 56.4 Å². The highest BCUT2D eigenvalue weighted by atomic mass is 19.1. The fourth-order valence-corrected chi connectivity index (χ4v) is 5.95. The van der Waals surface area contributed by atoms with Gasteiger partial charge in [-0.25, -0.2) is 18.7 Å². The molecular weight excluding hydrogens is 430 g/mol. The van der Waals surface area contributed by atoms with Gasteiger partial charge < -0.3 is 10.6 Å². The van der Waals surface area contributed by atoms with Crippen molar-refractivity contribution in [3.8, 4) is 11.1 Å². The van der Waals surface area contributed by atoms with Gasteiger partial charge in [0.15, 0.2) is 0 Å². The van der Waals surface area contributed by atoms with Crippen molar-refractivity contribution < 1.29 is 8.78 Å². The van der Waals surface area contributed by atoms with Gasteiger partial charge in [0.2, 0.25) is 0 Å². The average molecular weight is 463 g/mol. The van der Waals surface area contributed by atoms with Crippen LogP contribution in [0.25, 0.3) is 11.1 Å². The van der Waals surface area contributed by atoms with Crippen LogP contribution >= 0.6 is 0 Å². The number of aromatic nitrogens is 2. The van der Waals surface area contributed by atoms with E-state index < -0.39 is 0 Å². The summed E-state index contributed by atoms with van der Waals surface area (Å²) in [4.78, 5) is 11.1. The van der Waals surface area contributed by atoms with Crippen molar-refractivity contribution >= 4 is 11.6 Å². The standard InChI is InChI=1S/C28H32F2N4/c29-23-9-5-20(6-10-23)25(17-19-3-1-2-4-19)21-13-15-34(16-14-21)28-26(27(31)32-18-33-28)22-7-11-24(30)12-8-22/h5-12,18-19,21,25H,1-4,13-17H2,(H2,31,32,33). The number of halogens is 2. The van der Waals surface area contributed by atoms with Crippen LogP contribution in [0, 0.1) is 23.5 Å². The van der Waals surface area contributed by atoms with Gasteiger partial charge in [0.05, 0.1) is 5.56 Å². The molecule has 2 aromatic carbocycles. The first-order valence-electron chi connectivity index (χ1n) is 12.5. The molecule has 1 saturated heterocycles. The van der Waals surface area contributed by atoms with E-state index in [0.717, 1.165) is 48.8 Å². The van der Waals surface area contributed by atoms with E-state index in [9.17, 15) is 8.78 Å². The van der Waals surface area contributed by atoms with Crippen LogP contribution in [0.15, 0.2) is 54.9 Å². The molecule has 2 aliphatic rings. The topological polar surface area (TPSA) is 55.0 Å². The minimum absolute atomic E-state index is 0.173. The van der Waals surface area contributed by atoms with E-state index in [1.807, 2.05) is 12.1 Å². The molecule has 0 spiro atoms. The smallest absolute Gasteiger partial charge is 0.142 e. The van der Waals surface area contributed by atoms with Crippen molar-refractivity contribution in [2.24, 2.45) is 11.8 Å². The van der Waals surface area contributed by atoms with E-state index in [-0.39, 0.29) is 11.6 Å². The second kappa shape index (κ2) is 10.1. The van der Waals surface area contributed by atoms with Gasteiger partial charge in [-0.1, -0.05) is 49.9 Å². The Kier molecular flexibility index (Phi) is 6.75. The molecule has 4 nitrogen and oxygen atoms in total. The van der Waals surface area contributed by atoms with E-state index in [0.29, 0.717) is 17.7 Å². The van der Waals surface area contributed by atoms with Gasteiger partial charge in [0, 0.05) is 13.1 Å². The number of rotatable bonds is 6. The van der Waals surface area contributed by atoms with Crippen LogP contribution in [0.2, 0.25) is 0 Å². The molecule has 1 aromatic heterocycles.